The van der Waals surface area contributed by atoms with E-state index in [0.717, 1.165) is 38.8 Å². The molecule has 0 aliphatic carbocycles. The lowest BCUT2D eigenvalue weighted by atomic mass is 9.74. The van der Waals surface area contributed by atoms with Gasteiger partial charge >= 0.3 is 5.97 Å². The van der Waals surface area contributed by atoms with Crippen molar-refractivity contribution in [2.24, 2.45) is 5.41 Å². The maximum atomic E-state index is 12.2. The fourth-order valence-corrected chi connectivity index (χ4v) is 2.39. The molecule has 0 atom stereocenters. The van der Waals surface area contributed by atoms with Crippen LogP contribution in [0.4, 0.5) is 0 Å². The van der Waals surface area contributed by atoms with Crippen LogP contribution in [0.5, 0.6) is 0 Å². The monoisotopic (exact) mass is 242 g/mol. The van der Waals surface area contributed by atoms with E-state index < -0.39 is 5.97 Å². The highest BCUT2D eigenvalue weighted by Gasteiger charge is 2.38. The van der Waals surface area contributed by atoms with Gasteiger partial charge in [-0.3, -0.25) is 9.59 Å². The Labute approximate surface area is 102 Å². The molecule has 17 heavy (non-hydrogen) atoms. The van der Waals surface area contributed by atoms with Crippen molar-refractivity contribution in [3.8, 4) is 0 Å². The molecule has 1 amide bonds. The maximum absolute atomic E-state index is 12.2. The molecule has 1 aliphatic rings. The summed E-state index contributed by atoms with van der Waals surface area (Å²) in [6.45, 7) is 3.78. The molecule has 1 aliphatic heterocycles. The Hall–Kier alpha value is -1.10. The zero-order valence-corrected chi connectivity index (χ0v) is 10.7. The minimum Gasteiger partial charge on any atom is -0.468 e. The third kappa shape index (κ3) is 3.70. The summed E-state index contributed by atoms with van der Waals surface area (Å²) in [7, 11) is 1.32. The quantitative estimate of drug-likeness (QED) is 0.687. The van der Waals surface area contributed by atoms with Crippen molar-refractivity contribution < 1.29 is 14.3 Å². The van der Waals surface area contributed by atoms with Crippen LogP contribution in [0.3, 0.4) is 0 Å². The van der Waals surface area contributed by atoms with E-state index in [0.29, 0.717) is 0 Å². The van der Waals surface area contributed by atoms with Gasteiger partial charge in [-0.05, 0) is 32.4 Å². The molecule has 0 bridgehead atoms. The van der Waals surface area contributed by atoms with Crippen molar-refractivity contribution in [3.05, 3.63) is 0 Å². The predicted molar refractivity (Wildman–Crippen MR) is 64.5 cm³/mol. The van der Waals surface area contributed by atoms with Gasteiger partial charge in [-0.25, -0.2) is 0 Å². The first-order chi connectivity index (χ1) is 8.14. The highest BCUT2D eigenvalue weighted by atomic mass is 16.5. The number of amides is 1. The van der Waals surface area contributed by atoms with Crippen LogP contribution in [0.2, 0.25) is 0 Å². The Morgan fingerprint density at radius 2 is 2.00 bits per heavy atom. The Balaban J connectivity index is 2.56. The van der Waals surface area contributed by atoms with Gasteiger partial charge in [0, 0.05) is 0 Å². The molecule has 0 saturated carbocycles. The molecule has 5 nitrogen and oxygen atoms in total. The summed E-state index contributed by atoms with van der Waals surface area (Å²) < 4.78 is 4.51. The number of hydrogen-bond donors (Lipinski definition) is 2. The van der Waals surface area contributed by atoms with Crippen LogP contribution in [0, 0.1) is 5.41 Å². The first kappa shape index (κ1) is 14.0. The number of carbonyl (C=O) groups is 2. The summed E-state index contributed by atoms with van der Waals surface area (Å²) >= 11 is 0. The van der Waals surface area contributed by atoms with E-state index in [9.17, 15) is 9.59 Å². The molecule has 0 aromatic heterocycles. The third-order valence-corrected chi connectivity index (χ3v) is 3.39. The fourth-order valence-electron chi connectivity index (χ4n) is 2.39. The molecule has 0 unspecified atom stereocenters. The number of hydrogen-bond acceptors (Lipinski definition) is 4. The molecule has 1 saturated heterocycles. The second-order valence-electron chi connectivity index (χ2n) is 4.54. The van der Waals surface area contributed by atoms with Crippen LogP contribution in [-0.4, -0.2) is 38.6 Å². The minimum atomic E-state index is -0.404. The third-order valence-electron chi connectivity index (χ3n) is 3.39. The highest BCUT2D eigenvalue weighted by molar-refractivity contribution is 5.86. The topological polar surface area (TPSA) is 67.4 Å². The molecule has 2 N–H and O–H groups in total. The standard InChI is InChI=1S/C12H22N2O3/c1-3-4-12(5-7-13-8-6-12)11(16)14-9-10(15)17-2/h13H,3-9H2,1-2H3,(H,14,16). The molecular formula is C12H22N2O3. The van der Waals surface area contributed by atoms with Gasteiger partial charge in [0.25, 0.3) is 0 Å². The number of nitrogens with one attached hydrogen (secondary N) is 2. The van der Waals surface area contributed by atoms with Gasteiger partial charge in [0.05, 0.1) is 12.5 Å². The van der Waals surface area contributed by atoms with Gasteiger partial charge in [0.15, 0.2) is 0 Å². The number of rotatable bonds is 5. The molecule has 0 aromatic rings. The van der Waals surface area contributed by atoms with Gasteiger partial charge in [-0.1, -0.05) is 13.3 Å². The number of ether oxygens (including phenoxy) is 1. The van der Waals surface area contributed by atoms with Gasteiger partial charge in [-0.2, -0.15) is 0 Å². The lowest BCUT2D eigenvalue weighted by Gasteiger charge is -2.36. The number of methoxy groups -OCH3 is 1. The summed E-state index contributed by atoms with van der Waals surface area (Å²) in [5, 5.41) is 5.94. The lowest BCUT2D eigenvalue weighted by Crippen LogP contribution is -2.48. The van der Waals surface area contributed by atoms with Gasteiger partial charge in [0.2, 0.25) is 5.91 Å². The normalized spacial score (nSPS) is 18.5. The Bertz CT molecular complexity index is 267. The second-order valence-corrected chi connectivity index (χ2v) is 4.54. The fraction of sp³-hybridized carbons (Fsp3) is 0.833. The van der Waals surface area contributed by atoms with Crippen LogP contribution in [0.15, 0.2) is 0 Å². The molecule has 0 aromatic carbocycles. The first-order valence-electron chi connectivity index (χ1n) is 6.20. The zero-order chi connectivity index (χ0) is 12.7. The van der Waals surface area contributed by atoms with Crippen molar-refractivity contribution in [1.82, 2.24) is 10.6 Å². The molecule has 1 rings (SSSR count). The van der Waals surface area contributed by atoms with Gasteiger partial charge < -0.3 is 15.4 Å². The van der Waals surface area contributed by atoms with Crippen molar-refractivity contribution in [1.29, 1.82) is 0 Å². The van der Waals surface area contributed by atoms with Gasteiger partial charge in [-0.15, -0.1) is 0 Å². The Kier molecular flexibility index (Phi) is 5.41. The van der Waals surface area contributed by atoms with E-state index in [1.807, 2.05) is 0 Å². The van der Waals surface area contributed by atoms with Crippen LogP contribution in [0.1, 0.15) is 32.6 Å². The largest absolute Gasteiger partial charge is 0.468 e. The van der Waals surface area contributed by atoms with E-state index in [2.05, 4.69) is 22.3 Å². The highest BCUT2D eigenvalue weighted by Crippen LogP contribution is 2.34. The van der Waals surface area contributed by atoms with Crippen LogP contribution >= 0.6 is 0 Å². The second kappa shape index (κ2) is 6.59. The van der Waals surface area contributed by atoms with Crippen LogP contribution in [-0.2, 0) is 14.3 Å². The number of carbonyl (C=O) groups excluding carboxylic acids is 2. The summed E-state index contributed by atoms with van der Waals surface area (Å²) in [5.41, 5.74) is -0.298. The smallest absolute Gasteiger partial charge is 0.325 e. The molecular weight excluding hydrogens is 220 g/mol. The Morgan fingerprint density at radius 1 is 1.35 bits per heavy atom. The van der Waals surface area contributed by atoms with E-state index in [4.69, 9.17) is 0 Å². The van der Waals surface area contributed by atoms with E-state index in [1.54, 1.807) is 0 Å². The number of piperidine rings is 1. The Morgan fingerprint density at radius 3 is 2.53 bits per heavy atom. The summed E-state index contributed by atoms with van der Waals surface area (Å²) in [6, 6.07) is 0. The van der Waals surface area contributed by atoms with E-state index >= 15 is 0 Å². The minimum absolute atomic E-state index is 0.00810. The predicted octanol–water partition coefficient (Wildman–Crippen LogP) is 0.445. The van der Waals surface area contributed by atoms with Crippen molar-refractivity contribution in [2.45, 2.75) is 32.6 Å². The molecule has 5 heteroatoms. The van der Waals surface area contributed by atoms with Crippen LogP contribution in [0.25, 0.3) is 0 Å². The summed E-state index contributed by atoms with van der Waals surface area (Å²) in [5.74, 6) is -0.412. The summed E-state index contributed by atoms with van der Waals surface area (Å²) in [6.07, 6.45) is 3.54. The molecule has 1 heterocycles. The number of esters is 1. The molecule has 1 fully saturated rings. The lowest BCUT2D eigenvalue weighted by molar-refractivity contribution is -0.143. The van der Waals surface area contributed by atoms with E-state index in [1.165, 1.54) is 7.11 Å². The average molecular weight is 242 g/mol. The SMILES string of the molecule is CCCC1(C(=O)NCC(=O)OC)CCNCC1. The molecule has 0 radical (unpaired) electrons. The van der Waals surface area contributed by atoms with Crippen molar-refractivity contribution in [3.63, 3.8) is 0 Å². The first-order valence-corrected chi connectivity index (χ1v) is 6.20. The summed E-state index contributed by atoms with van der Waals surface area (Å²) in [4.78, 5) is 23.2. The van der Waals surface area contributed by atoms with Gasteiger partial charge in [0.1, 0.15) is 6.54 Å². The van der Waals surface area contributed by atoms with Crippen LogP contribution < -0.4 is 10.6 Å². The molecule has 0 spiro atoms. The van der Waals surface area contributed by atoms with Crippen molar-refractivity contribution >= 4 is 11.9 Å². The molecule has 98 valence electrons. The zero-order valence-electron chi connectivity index (χ0n) is 10.7. The van der Waals surface area contributed by atoms with Crippen molar-refractivity contribution in [2.75, 3.05) is 26.7 Å². The van der Waals surface area contributed by atoms with E-state index in [-0.39, 0.29) is 17.9 Å². The average Bonchev–Trinajstić information content (AvgIpc) is 2.36. The maximum Gasteiger partial charge on any atom is 0.325 e.